The molecule has 0 aromatic heterocycles. The van der Waals surface area contributed by atoms with Gasteiger partial charge in [0.2, 0.25) is 0 Å². The number of carbonyl (C=O) groups is 2. The third-order valence-electron chi connectivity index (χ3n) is 2.84. The summed E-state index contributed by atoms with van der Waals surface area (Å²) in [7, 11) is -4.40. The van der Waals surface area contributed by atoms with Crippen LogP contribution < -0.4 is 4.18 Å². The highest BCUT2D eigenvalue weighted by atomic mass is 35.5. The van der Waals surface area contributed by atoms with E-state index in [9.17, 15) is 18.0 Å². The van der Waals surface area contributed by atoms with Crippen molar-refractivity contribution < 1.29 is 32.4 Å². The van der Waals surface area contributed by atoms with E-state index < -0.39 is 38.1 Å². The van der Waals surface area contributed by atoms with Crippen molar-refractivity contribution in [1.29, 1.82) is 0 Å². The molecule has 0 unspecified atom stereocenters. The topological polar surface area (TPSA) is 118 Å². The van der Waals surface area contributed by atoms with Crippen LogP contribution in [0.5, 0.6) is 5.75 Å². The van der Waals surface area contributed by atoms with Crippen molar-refractivity contribution in [3.8, 4) is 5.75 Å². The van der Waals surface area contributed by atoms with E-state index in [1.165, 1.54) is 18.2 Å². The molecule has 2 aromatic carbocycles. The van der Waals surface area contributed by atoms with Gasteiger partial charge in [-0.1, -0.05) is 23.2 Å². The van der Waals surface area contributed by atoms with Gasteiger partial charge in [-0.2, -0.15) is 8.42 Å². The predicted octanol–water partition coefficient (Wildman–Crippen LogP) is 3.16. The summed E-state index contributed by atoms with van der Waals surface area (Å²) in [5.74, 6) is -3.22. The van der Waals surface area contributed by atoms with E-state index in [-0.39, 0.29) is 15.8 Å². The summed E-state index contributed by atoms with van der Waals surface area (Å²) in [4.78, 5) is 21.6. The first kappa shape index (κ1) is 18.1. The van der Waals surface area contributed by atoms with Gasteiger partial charge in [-0.3, -0.25) is 0 Å². The molecule has 0 saturated carbocycles. The fourth-order valence-corrected chi connectivity index (χ4v) is 2.98. The SMILES string of the molecule is O=C(O)c1ccc(S(=O)(=O)Oc2ccc(Cl)c(Cl)c2)cc1C(=O)O. The normalized spacial score (nSPS) is 11.1. The maximum Gasteiger partial charge on any atom is 0.339 e. The first-order valence-corrected chi connectivity index (χ1v) is 8.28. The van der Waals surface area contributed by atoms with Gasteiger partial charge in [-0.05, 0) is 30.3 Å². The highest BCUT2D eigenvalue weighted by Crippen LogP contribution is 2.28. The number of carboxylic acids is 2. The van der Waals surface area contributed by atoms with E-state index in [0.29, 0.717) is 6.07 Å². The lowest BCUT2D eigenvalue weighted by atomic mass is 10.1. The molecule has 0 amide bonds. The van der Waals surface area contributed by atoms with Gasteiger partial charge >= 0.3 is 22.1 Å². The molecule has 0 aliphatic heterocycles. The molecule has 0 saturated heterocycles. The molecule has 0 fully saturated rings. The van der Waals surface area contributed by atoms with Crippen molar-refractivity contribution >= 4 is 45.3 Å². The second-order valence-corrected chi connectivity index (χ2v) is 6.79. The van der Waals surface area contributed by atoms with Gasteiger partial charge in [-0.25, -0.2) is 9.59 Å². The van der Waals surface area contributed by atoms with E-state index in [1.807, 2.05) is 0 Å². The Morgan fingerprint density at radius 1 is 0.875 bits per heavy atom. The molecule has 7 nitrogen and oxygen atoms in total. The van der Waals surface area contributed by atoms with E-state index in [2.05, 4.69) is 0 Å². The van der Waals surface area contributed by atoms with Gasteiger partial charge in [-0.15, -0.1) is 0 Å². The average Bonchev–Trinajstić information content (AvgIpc) is 2.50. The zero-order chi connectivity index (χ0) is 18.1. The third kappa shape index (κ3) is 3.78. The van der Waals surface area contributed by atoms with Gasteiger partial charge in [0.1, 0.15) is 10.6 Å². The maximum absolute atomic E-state index is 12.2. The van der Waals surface area contributed by atoms with E-state index >= 15 is 0 Å². The molecule has 2 aromatic rings. The van der Waals surface area contributed by atoms with Gasteiger partial charge in [0, 0.05) is 6.07 Å². The Morgan fingerprint density at radius 3 is 2.04 bits per heavy atom. The van der Waals surface area contributed by atoms with Crippen molar-refractivity contribution in [3.63, 3.8) is 0 Å². The molecule has 0 radical (unpaired) electrons. The third-order valence-corrected chi connectivity index (χ3v) is 4.82. The minimum absolute atomic E-state index is 0.0665. The average molecular weight is 391 g/mol. The standard InChI is InChI=1S/C14H8Cl2O7S/c15-11-4-1-7(5-12(11)16)23-24(21,22)8-2-3-9(13(17)18)10(6-8)14(19)20/h1-6H,(H,17,18)(H,19,20). The van der Waals surface area contributed by atoms with E-state index in [1.54, 1.807) is 0 Å². The highest BCUT2D eigenvalue weighted by Gasteiger charge is 2.23. The van der Waals surface area contributed by atoms with Crippen LogP contribution in [0.1, 0.15) is 20.7 Å². The van der Waals surface area contributed by atoms with Crippen LogP contribution in [0.25, 0.3) is 0 Å². The van der Waals surface area contributed by atoms with Crippen LogP contribution in [0.3, 0.4) is 0 Å². The smallest absolute Gasteiger partial charge is 0.339 e. The molecule has 126 valence electrons. The number of halogens is 2. The number of aromatic carboxylic acids is 2. The minimum Gasteiger partial charge on any atom is -0.478 e. The van der Waals surface area contributed by atoms with Crippen LogP contribution >= 0.6 is 23.2 Å². The van der Waals surface area contributed by atoms with Crippen molar-refractivity contribution in [2.75, 3.05) is 0 Å². The monoisotopic (exact) mass is 390 g/mol. The number of rotatable bonds is 5. The summed E-state index contributed by atoms with van der Waals surface area (Å²) < 4.78 is 29.3. The molecular formula is C14H8Cl2O7S. The van der Waals surface area contributed by atoms with Gasteiger partial charge in [0.25, 0.3) is 0 Å². The molecule has 0 aliphatic carbocycles. The van der Waals surface area contributed by atoms with Gasteiger partial charge < -0.3 is 14.4 Å². The lowest BCUT2D eigenvalue weighted by Crippen LogP contribution is -2.13. The molecule has 0 spiro atoms. The van der Waals surface area contributed by atoms with Gasteiger partial charge in [0.05, 0.1) is 21.2 Å². The first-order valence-electron chi connectivity index (χ1n) is 6.12. The molecular weight excluding hydrogens is 383 g/mol. The van der Waals surface area contributed by atoms with Crippen molar-refractivity contribution in [3.05, 3.63) is 57.6 Å². The van der Waals surface area contributed by atoms with Gasteiger partial charge in [0.15, 0.2) is 0 Å². The maximum atomic E-state index is 12.2. The Morgan fingerprint density at radius 2 is 1.50 bits per heavy atom. The van der Waals surface area contributed by atoms with Crippen LogP contribution in [-0.4, -0.2) is 30.6 Å². The number of benzene rings is 2. The second-order valence-electron chi connectivity index (χ2n) is 4.43. The lowest BCUT2D eigenvalue weighted by Gasteiger charge is -2.09. The molecule has 0 aliphatic rings. The Labute approximate surface area is 146 Å². The molecule has 10 heteroatoms. The van der Waals surface area contributed by atoms with E-state index in [4.69, 9.17) is 37.6 Å². The van der Waals surface area contributed by atoms with Crippen molar-refractivity contribution in [2.24, 2.45) is 0 Å². The first-order chi connectivity index (χ1) is 11.1. The molecule has 2 rings (SSSR count). The predicted molar refractivity (Wildman–Crippen MR) is 84.6 cm³/mol. The molecule has 0 bridgehead atoms. The Balaban J connectivity index is 2.45. The summed E-state index contributed by atoms with van der Waals surface area (Å²) >= 11 is 11.5. The summed E-state index contributed by atoms with van der Waals surface area (Å²) in [5.41, 5.74) is -1.22. The Hall–Kier alpha value is -2.29. The quantitative estimate of drug-likeness (QED) is 0.752. The largest absolute Gasteiger partial charge is 0.478 e. The Kier molecular flexibility index (Phi) is 5.02. The van der Waals surface area contributed by atoms with E-state index in [0.717, 1.165) is 12.1 Å². The molecule has 2 N–H and O–H groups in total. The van der Waals surface area contributed by atoms with Crippen LogP contribution in [0.15, 0.2) is 41.3 Å². The number of carboxylic acid groups (broad SMARTS) is 2. The van der Waals surface area contributed by atoms with Crippen LogP contribution in [0.2, 0.25) is 10.0 Å². The fraction of sp³-hybridized carbons (Fsp3) is 0. The summed E-state index contributed by atoms with van der Waals surface area (Å²) in [6.07, 6.45) is 0. The molecule has 0 heterocycles. The zero-order valence-corrected chi connectivity index (χ0v) is 13.9. The van der Waals surface area contributed by atoms with Crippen LogP contribution in [0.4, 0.5) is 0 Å². The molecule has 0 atom stereocenters. The number of hydrogen-bond donors (Lipinski definition) is 2. The zero-order valence-electron chi connectivity index (χ0n) is 11.6. The summed E-state index contributed by atoms with van der Waals surface area (Å²) in [6.45, 7) is 0. The van der Waals surface area contributed by atoms with Crippen LogP contribution in [-0.2, 0) is 10.1 Å². The highest BCUT2D eigenvalue weighted by molar-refractivity contribution is 7.87. The minimum atomic E-state index is -4.40. The van der Waals surface area contributed by atoms with Crippen molar-refractivity contribution in [2.45, 2.75) is 4.90 Å². The second kappa shape index (κ2) is 6.68. The Bertz CT molecular complexity index is 938. The summed E-state index contributed by atoms with van der Waals surface area (Å²) in [6, 6.07) is 6.27. The molecule has 24 heavy (non-hydrogen) atoms. The van der Waals surface area contributed by atoms with Crippen molar-refractivity contribution in [1.82, 2.24) is 0 Å². The summed E-state index contributed by atoms with van der Waals surface area (Å²) in [5, 5.41) is 18.2. The fourth-order valence-electron chi connectivity index (χ4n) is 1.75. The van der Waals surface area contributed by atoms with Crippen LogP contribution in [0, 0.1) is 0 Å². The lowest BCUT2D eigenvalue weighted by molar-refractivity contribution is 0.0651. The number of hydrogen-bond acceptors (Lipinski definition) is 5.